The van der Waals surface area contributed by atoms with E-state index < -0.39 is 5.91 Å². The van der Waals surface area contributed by atoms with Crippen LogP contribution in [0.15, 0.2) is 43.0 Å². The molecule has 0 aliphatic rings. The average molecular weight is 458 g/mol. The molecule has 2 heterocycles. The van der Waals surface area contributed by atoms with E-state index in [0.717, 1.165) is 10.7 Å². The van der Waals surface area contributed by atoms with Crippen LogP contribution in [0.4, 0.5) is 5.13 Å². The Morgan fingerprint density at radius 3 is 2.71 bits per heavy atom. The van der Waals surface area contributed by atoms with Gasteiger partial charge >= 0.3 is 0 Å². The van der Waals surface area contributed by atoms with Crippen LogP contribution in [0.1, 0.15) is 32.0 Å². The number of nitrogens with two attached hydrogens (primary N) is 1. The van der Waals surface area contributed by atoms with Crippen LogP contribution in [0.25, 0.3) is 11.1 Å². The molecule has 0 radical (unpaired) electrons. The number of anilines is 1. The van der Waals surface area contributed by atoms with Crippen molar-refractivity contribution in [2.45, 2.75) is 26.2 Å². The minimum absolute atomic E-state index is 0.0141. The summed E-state index contributed by atoms with van der Waals surface area (Å²) in [5.74, 6) is -0.119. The molecule has 0 fully saturated rings. The van der Waals surface area contributed by atoms with Crippen molar-refractivity contribution in [1.29, 1.82) is 0 Å². The Morgan fingerprint density at radius 2 is 2.13 bits per heavy atom. The van der Waals surface area contributed by atoms with Crippen LogP contribution in [-0.4, -0.2) is 37.8 Å². The molecule has 8 nitrogen and oxygen atoms in total. The van der Waals surface area contributed by atoms with Crippen molar-refractivity contribution in [2.24, 2.45) is 5.73 Å². The Morgan fingerprint density at radius 1 is 1.39 bits per heavy atom. The molecule has 0 aliphatic heterocycles. The number of phenolic OH excluding ortho intramolecular Hbond substituents is 1. The highest BCUT2D eigenvalue weighted by Crippen LogP contribution is 2.36. The van der Waals surface area contributed by atoms with Crippen LogP contribution in [0.5, 0.6) is 11.5 Å². The van der Waals surface area contributed by atoms with E-state index in [0.29, 0.717) is 16.4 Å². The van der Waals surface area contributed by atoms with Gasteiger partial charge in [0.2, 0.25) is 5.13 Å². The van der Waals surface area contributed by atoms with Gasteiger partial charge in [0.1, 0.15) is 5.00 Å². The zero-order valence-electron chi connectivity index (χ0n) is 17.6. The number of thiocarbonyl (C=S) groups is 1. The van der Waals surface area contributed by atoms with Gasteiger partial charge in [0.05, 0.1) is 19.1 Å². The van der Waals surface area contributed by atoms with Crippen molar-refractivity contribution in [3.63, 3.8) is 0 Å². The molecule has 1 aromatic carbocycles. The van der Waals surface area contributed by atoms with Gasteiger partial charge in [-0.2, -0.15) is 0 Å². The highest BCUT2D eigenvalue weighted by molar-refractivity contribution is 7.80. The number of aromatic hydroxyl groups is 1. The largest absolute Gasteiger partial charge is 0.504 e. The molecule has 0 aliphatic carbocycles. The maximum atomic E-state index is 13.0. The Hall–Kier alpha value is -3.24. The van der Waals surface area contributed by atoms with Gasteiger partial charge in [-0.3, -0.25) is 9.36 Å². The number of carbonyl (C=O) groups is 1. The number of hydrogen-bond donors (Lipinski definition) is 2. The van der Waals surface area contributed by atoms with Gasteiger partial charge in [-0.25, -0.2) is 14.9 Å². The number of benzene rings is 1. The Balaban J connectivity index is 1.97. The van der Waals surface area contributed by atoms with Gasteiger partial charge < -0.3 is 15.6 Å². The number of phenols is 1. The number of amides is 1. The topological polar surface area (TPSA) is 106 Å². The number of hydrogen-bond acceptors (Lipinski definition) is 7. The molecule has 3 N–H and O–H groups in total. The molecule has 162 valence electrons. The summed E-state index contributed by atoms with van der Waals surface area (Å²) < 4.78 is 6.94. The minimum Gasteiger partial charge on any atom is -0.504 e. The van der Waals surface area contributed by atoms with Crippen molar-refractivity contribution in [1.82, 2.24) is 14.5 Å². The highest BCUT2D eigenvalue weighted by atomic mass is 32.1. The normalized spacial score (nSPS) is 11.6. The molecule has 0 spiro atoms. The molecule has 10 heteroatoms. The van der Waals surface area contributed by atoms with Gasteiger partial charge in [0.25, 0.3) is 5.91 Å². The van der Waals surface area contributed by atoms with Gasteiger partial charge in [0, 0.05) is 23.9 Å². The van der Waals surface area contributed by atoms with Gasteiger partial charge in [-0.05, 0) is 36.0 Å². The van der Waals surface area contributed by atoms with Crippen molar-refractivity contribution in [3.8, 4) is 16.5 Å². The predicted octanol–water partition coefficient (Wildman–Crippen LogP) is 3.63. The molecule has 1 amide bonds. The second kappa shape index (κ2) is 8.86. The summed E-state index contributed by atoms with van der Waals surface area (Å²) in [7, 11) is 1.45. The first kappa shape index (κ1) is 22.4. The van der Waals surface area contributed by atoms with E-state index in [1.54, 1.807) is 30.7 Å². The number of nitrogens with zero attached hydrogens (tertiary/aromatic N) is 4. The lowest BCUT2D eigenvalue weighted by molar-refractivity contribution is -0.113. The molecule has 3 aromatic rings. The lowest BCUT2D eigenvalue weighted by atomic mass is 9.92. The smallest absolute Gasteiger partial charge is 0.259 e. The van der Waals surface area contributed by atoms with E-state index in [9.17, 15) is 9.90 Å². The Labute approximate surface area is 189 Å². The SMILES string of the molecule is COc1cc(C=CC(=O)N(C(N)=S)c2nc(C(C)(C)C)c(-n3ccnc3)s2)ccc1O. The van der Waals surface area contributed by atoms with Crippen molar-refractivity contribution in [2.75, 3.05) is 12.0 Å². The zero-order chi connectivity index (χ0) is 22.8. The molecule has 0 saturated carbocycles. The lowest BCUT2D eigenvalue weighted by Crippen LogP contribution is -2.39. The summed E-state index contributed by atoms with van der Waals surface area (Å²) in [5.41, 5.74) is 7.07. The predicted molar refractivity (Wildman–Crippen MR) is 126 cm³/mol. The van der Waals surface area contributed by atoms with Gasteiger partial charge in [-0.1, -0.05) is 38.2 Å². The average Bonchev–Trinajstić information content (AvgIpc) is 3.36. The third-order valence-corrected chi connectivity index (χ3v) is 5.54. The fourth-order valence-corrected chi connectivity index (χ4v) is 4.26. The highest BCUT2D eigenvalue weighted by Gasteiger charge is 2.28. The summed E-state index contributed by atoms with van der Waals surface area (Å²) >= 11 is 6.45. The second-order valence-corrected chi connectivity index (χ2v) is 9.02. The minimum atomic E-state index is -0.439. The summed E-state index contributed by atoms with van der Waals surface area (Å²) in [4.78, 5) is 23.0. The van der Waals surface area contributed by atoms with E-state index in [1.165, 1.54) is 35.5 Å². The number of aromatic nitrogens is 3. The fourth-order valence-electron chi connectivity index (χ4n) is 2.78. The monoisotopic (exact) mass is 457 g/mol. The molecular formula is C21H23N5O3S2. The number of imidazole rings is 1. The standard InChI is InChI=1S/C21H23N5O3S2/c1-21(2,3)17-18(25-10-9-23-12-25)31-20(24-17)26(19(22)30)16(28)8-6-13-5-7-14(27)15(11-13)29-4/h5-12,27H,1-4H3,(H2,22,30). The number of rotatable bonds is 5. The Bertz CT molecular complexity index is 1130. The second-order valence-electron chi connectivity index (χ2n) is 7.65. The number of methoxy groups -OCH3 is 1. The maximum absolute atomic E-state index is 13.0. The van der Waals surface area contributed by atoms with Crippen LogP contribution in [0.2, 0.25) is 0 Å². The molecule has 0 atom stereocenters. The van der Waals surface area contributed by atoms with E-state index in [2.05, 4.69) is 4.98 Å². The number of thiazole rings is 1. The van der Waals surface area contributed by atoms with Crippen molar-refractivity contribution < 1.29 is 14.6 Å². The molecule has 0 saturated heterocycles. The van der Waals surface area contributed by atoms with Gasteiger partial charge in [0.15, 0.2) is 16.6 Å². The first-order valence-electron chi connectivity index (χ1n) is 9.30. The molecule has 0 bridgehead atoms. The summed E-state index contributed by atoms with van der Waals surface area (Å²) in [5, 5.41) is 10.8. The fraction of sp³-hybridized carbons (Fsp3) is 0.238. The molecular weight excluding hydrogens is 434 g/mol. The van der Waals surface area contributed by atoms with Crippen LogP contribution >= 0.6 is 23.6 Å². The van der Waals surface area contributed by atoms with E-state index in [-0.39, 0.29) is 16.3 Å². The summed E-state index contributed by atoms with van der Waals surface area (Å²) in [6.45, 7) is 6.12. The lowest BCUT2D eigenvalue weighted by Gasteiger charge is -2.18. The molecule has 31 heavy (non-hydrogen) atoms. The van der Waals surface area contributed by atoms with Crippen LogP contribution in [0.3, 0.4) is 0 Å². The van der Waals surface area contributed by atoms with Crippen molar-refractivity contribution in [3.05, 3.63) is 54.3 Å². The Kier molecular flexibility index (Phi) is 6.42. The van der Waals surface area contributed by atoms with Gasteiger partial charge in [-0.15, -0.1) is 0 Å². The van der Waals surface area contributed by atoms with Crippen molar-refractivity contribution >= 4 is 45.8 Å². The number of carbonyl (C=O) groups excluding carboxylic acids is 1. The third-order valence-electron chi connectivity index (χ3n) is 4.30. The van der Waals surface area contributed by atoms with Crippen LogP contribution in [-0.2, 0) is 10.2 Å². The van der Waals surface area contributed by atoms with E-state index in [4.69, 9.17) is 27.7 Å². The maximum Gasteiger partial charge on any atom is 0.259 e. The summed E-state index contributed by atoms with van der Waals surface area (Å²) in [6.07, 6.45) is 8.11. The molecule has 3 rings (SSSR count). The van der Waals surface area contributed by atoms with E-state index >= 15 is 0 Å². The quantitative estimate of drug-likeness (QED) is 0.445. The zero-order valence-corrected chi connectivity index (χ0v) is 19.2. The third kappa shape index (κ3) is 4.92. The molecule has 2 aromatic heterocycles. The van der Waals surface area contributed by atoms with E-state index in [1.807, 2.05) is 31.5 Å². The first-order chi connectivity index (χ1) is 14.6. The molecule has 0 unspecified atom stereocenters. The number of ether oxygens (including phenoxy) is 1. The first-order valence-corrected chi connectivity index (χ1v) is 10.5. The van der Waals surface area contributed by atoms with Crippen LogP contribution < -0.4 is 15.4 Å². The van der Waals surface area contributed by atoms with Crippen LogP contribution in [0, 0.1) is 0 Å². The summed E-state index contributed by atoms with van der Waals surface area (Å²) in [6, 6.07) is 4.76.